The van der Waals surface area contributed by atoms with Crippen molar-refractivity contribution in [1.82, 2.24) is 4.98 Å². The molecule has 3 aromatic carbocycles. The molecule has 0 aliphatic heterocycles. The molecule has 0 radical (unpaired) electrons. The number of thioether (sulfide) groups is 1. The molecule has 1 aromatic heterocycles. The Labute approximate surface area is 147 Å². The van der Waals surface area contributed by atoms with E-state index >= 15 is 0 Å². The lowest BCUT2D eigenvalue weighted by atomic mass is 10.1. The number of aromatic nitrogens is 1. The third kappa shape index (κ3) is 3.27. The second kappa shape index (κ2) is 6.63. The summed E-state index contributed by atoms with van der Waals surface area (Å²) in [5, 5.41) is 5.24. The normalized spacial score (nSPS) is 11.0. The molecule has 118 valence electrons. The number of carbonyl (C=O) groups excluding carboxylic acids is 1. The van der Waals surface area contributed by atoms with Crippen LogP contribution in [0.25, 0.3) is 21.0 Å². The van der Waals surface area contributed by atoms with Crippen LogP contribution in [-0.2, 0) is 4.79 Å². The van der Waals surface area contributed by atoms with Crippen molar-refractivity contribution in [3.63, 3.8) is 0 Å². The van der Waals surface area contributed by atoms with Crippen molar-refractivity contribution in [3.05, 3.63) is 66.7 Å². The van der Waals surface area contributed by atoms with Crippen LogP contribution in [0.3, 0.4) is 0 Å². The standard InChI is InChI=1S/C19H14N2OS2/c22-18(12-23-19-21-16-7-3-4-8-17(16)24-19)20-15-10-9-13-5-1-2-6-14(13)11-15/h1-11H,12H2,(H,20,22). The lowest BCUT2D eigenvalue weighted by molar-refractivity contribution is -0.113. The maximum atomic E-state index is 12.2. The molecule has 3 nitrogen and oxygen atoms in total. The Kier molecular flexibility index (Phi) is 4.19. The molecule has 1 N–H and O–H groups in total. The number of nitrogens with one attached hydrogen (secondary N) is 1. The Morgan fingerprint density at radius 2 is 1.79 bits per heavy atom. The summed E-state index contributed by atoms with van der Waals surface area (Å²) in [6.45, 7) is 0. The van der Waals surface area contributed by atoms with Crippen LogP contribution in [0.15, 0.2) is 71.1 Å². The predicted octanol–water partition coefficient (Wildman–Crippen LogP) is 5.18. The zero-order valence-corrected chi connectivity index (χ0v) is 14.4. The first-order valence-electron chi connectivity index (χ1n) is 7.55. The van der Waals surface area contributed by atoms with Crippen molar-refractivity contribution in [3.8, 4) is 0 Å². The van der Waals surface area contributed by atoms with Crippen molar-refractivity contribution < 1.29 is 4.79 Å². The van der Waals surface area contributed by atoms with Gasteiger partial charge in [0.05, 0.1) is 16.0 Å². The van der Waals surface area contributed by atoms with Crippen LogP contribution in [0, 0.1) is 0 Å². The SMILES string of the molecule is O=C(CSc1nc2ccccc2s1)Nc1ccc2ccccc2c1. The summed E-state index contributed by atoms with van der Waals surface area (Å²) >= 11 is 3.09. The van der Waals surface area contributed by atoms with Gasteiger partial charge in [0.25, 0.3) is 0 Å². The van der Waals surface area contributed by atoms with Crippen LogP contribution in [0.1, 0.15) is 0 Å². The fourth-order valence-electron chi connectivity index (χ4n) is 2.50. The number of benzene rings is 3. The highest BCUT2D eigenvalue weighted by Crippen LogP contribution is 2.29. The van der Waals surface area contributed by atoms with E-state index in [0.717, 1.165) is 25.6 Å². The molecule has 0 bridgehead atoms. The Balaban J connectivity index is 1.42. The number of fused-ring (bicyclic) bond motifs is 2. The van der Waals surface area contributed by atoms with E-state index in [0.29, 0.717) is 5.75 Å². The number of para-hydroxylation sites is 1. The smallest absolute Gasteiger partial charge is 0.234 e. The quantitative estimate of drug-likeness (QED) is 0.516. The minimum atomic E-state index is -0.0189. The topological polar surface area (TPSA) is 42.0 Å². The maximum Gasteiger partial charge on any atom is 0.234 e. The number of hydrogen-bond donors (Lipinski definition) is 1. The minimum absolute atomic E-state index is 0.0189. The Morgan fingerprint density at radius 1 is 1.00 bits per heavy atom. The van der Waals surface area contributed by atoms with E-state index in [9.17, 15) is 4.79 Å². The molecular weight excluding hydrogens is 336 g/mol. The van der Waals surface area contributed by atoms with Gasteiger partial charge >= 0.3 is 0 Å². The Bertz CT molecular complexity index is 993. The number of thiazole rings is 1. The van der Waals surface area contributed by atoms with Crippen LogP contribution in [-0.4, -0.2) is 16.6 Å². The van der Waals surface area contributed by atoms with Gasteiger partial charge in [-0.1, -0.05) is 54.2 Å². The average molecular weight is 350 g/mol. The third-order valence-corrected chi connectivity index (χ3v) is 5.81. The Hall–Kier alpha value is -2.37. The van der Waals surface area contributed by atoms with Crippen LogP contribution in [0.4, 0.5) is 5.69 Å². The van der Waals surface area contributed by atoms with Crippen molar-refractivity contribution in [1.29, 1.82) is 0 Å². The molecular formula is C19H14N2OS2. The lowest BCUT2D eigenvalue weighted by Crippen LogP contribution is -2.13. The molecule has 4 rings (SSSR count). The molecule has 0 spiro atoms. The fourth-order valence-corrected chi connectivity index (χ4v) is 4.37. The summed E-state index contributed by atoms with van der Waals surface area (Å²) in [4.78, 5) is 16.7. The number of amides is 1. The molecule has 0 unspecified atom stereocenters. The first-order valence-corrected chi connectivity index (χ1v) is 9.35. The largest absolute Gasteiger partial charge is 0.325 e. The molecule has 4 aromatic rings. The van der Waals surface area contributed by atoms with Gasteiger partial charge in [0.2, 0.25) is 5.91 Å². The van der Waals surface area contributed by atoms with Gasteiger partial charge in [0, 0.05) is 5.69 Å². The molecule has 24 heavy (non-hydrogen) atoms. The summed E-state index contributed by atoms with van der Waals surface area (Å²) in [6, 6.07) is 22.1. The van der Waals surface area contributed by atoms with E-state index < -0.39 is 0 Å². The second-order valence-corrected chi connectivity index (χ2v) is 7.60. The van der Waals surface area contributed by atoms with Gasteiger partial charge in [-0.25, -0.2) is 4.98 Å². The number of rotatable bonds is 4. The summed E-state index contributed by atoms with van der Waals surface area (Å²) in [6.07, 6.45) is 0. The van der Waals surface area contributed by atoms with E-state index in [2.05, 4.69) is 16.4 Å². The lowest BCUT2D eigenvalue weighted by Gasteiger charge is -2.06. The number of anilines is 1. The Morgan fingerprint density at radius 3 is 2.67 bits per heavy atom. The molecule has 0 aliphatic rings. The van der Waals surface area contributed by atoms with Gasteiger partial charge in [-0.3, -0.25) is 4.79 Å². The van der Waals surface area contributed by atoms with Gasteiger partial charge in [0.1, 0.15) is 0 Å². The monoisotopic (exact) mass is 350 g/mol. The van der Waals surface area contributed by atoms with Crippen LogP contribution < -0.4 is 5.32 Å². The first kappa shape index (κ1) is 15.2. The summed E-state index contributed by atoms with van der Waals surface area (Å²) in [7, 11) is 0. The first-order chi connectivity index (χ1) is 11.8. The molecule has 0 saturated carbocycles. The zero-order valence-electron chi connectivity index (χ0n) is 12.7. The zero-order chi connectivity index (χ0) is 16.4. The minimum Gasteiger partial charge on any atom is -0.325 e. The predicted molar refractivity (Wildman–Crippen MR) is 103 cm³/mol. The summed E-state index contributed by atoms with van der Waals surface area (Å²) in [5.74, 6) is 0.335. The third-order valence-electron chi connectivity index (χ3n) is 3.63. The highest BCUT2D eigenvalue weighted by atomic mass is 32.2. The molecule has 1 heterocycles. The van der Waals surface area contributed by atoms with Gasteiger partial charge in [-0.15, -0.1) is 11.3 Å². The van der Waals surface area contributed by atoms with Gasteiger partial charge in [-0.05, 0) is 35.0 Å². The van der Waals surface area contributed by atoms with Crippen LogP contribution in [0.5, 0.6) is 0 Å². The summed E-state index contributed by atoms with van der Waals surface area (Å²) < 4.78 is 2.07. The van der Waals surface area contributed by atoms with E-state index in [1.807, 2.05) is 60.7 Å². The van der Waals surface area contributed by atoms with Crippen molar-refractivity contribution in [2.75, 3.05) is 11.1 Å². The molecule has 5 heteroatoms. The highest BCUT2D eigenvalue weighted by Gasteiger charge is 2.08. The summed E-state index contributed by atoms with van der Waals surface area (Å²) in [5.41, 5.74) is 1.81. The fraction of sp³-hybridized carbons (Fsp3) is 0.0526. The molecule has 0 saturated heterocycles. The van der Waals surface area contributed by atoms with Gasteiger partial charge in [-0.2, -0.15) is 0 Å². The number of nitrogens with zero attached hydrogens (tertiary/aromatic N) is 1. The van der Waals surface area contributed by atoms with Crippen LogP contribution >= 0.6 is 23.1 Å². The highest BCUT2D eigenvalue weighted by molar-refractivity contribution is 8.01. The molecule has 0 atom stereocenters. The second-order valence-electron chi connectivity index (χ2n) is 5.35. The number of carbonyl (C=O) groups is 1. The molecule has 1 amide bonds. The molecule has 0 fully saturated rings. The van der Waals surface area contributed by atoms with Crippen molar-refractivity contribution in [2.24, 2.45) is 0 Å². The van der Waals surface area contributed by atoms with E-state index in [1.54, 1.807) is 11.3 Å². The number of hydrogen-bond acceptors (Lipinski definition) is 4. The van der Waals surface area contributed by atoms with E-state index in [4.69, 9.17) is 0 Å². The van der Waals surface area contributed by atoms with Crippen molar-refractivity contribution in [2.45, 2.75) is 4.34 Å². The average Bonchev–Trinajstić information content (AvgIpc) is 3.03. The maximum absolute atomic E-state index is 12.2. The molecule has 0 aliphatic carbocycles. The van der Waals surface area contributed by atoms with E-state index in [-0.39, 0.29) is 5.91 Å². The van der Waals surface area contributed by atoms with Crippen LogP contribution in [0.2, 0.25) is 0 Å². The van der Waals surface area contributed by atoms with E-state index in [1.165, 1.54) is 17.1 Å². The van der Waals surface area contributed by atoms with Gasteiger partial charge < -0.3 is 5.32 Å². The van der Waals surface area contributed by atoms with Gasteiger partial charge in [0.15, 0.2) is 4.34 Å². The van der Waals surface area contributed by atoms with Crippen molar-refractivity contribution >= 4 is 55.7 Å².